The Bertz CT molecular complexity index is 935. The molecule has 2 unspecified atom stereocenters. The van der Waals surface area contributed by atoms with E-state index < -0.39 is 0 Å². The van der Waals surface area contributed by atoms with E-state index in [4.69, 9.17) is 4.99 Å². The Morgan fingerprint density at radius 3 is 2.61 bits per heavy atom. The van der Waals surface area contributed by atoms with Gasteiger partial charge in [-0.05, 0) is 48.3 Å². The smallest absolute Gasteiger partial charge is 0.192 e. The third-order valence-electron chi connectivity index (χ3n) is 6.12. The molecule has 3 heteroatoms. The van der Waals surface area contributed by atoms with Crippen LogP contribution >= 0.6 is 0 Å². The van der Waals surface area contributed by atoms with E-state index in [9.17, 15) is 0 Å². The number of aliphatic imine (C=N–C) groups is 1. The third kappa shape index (κ3) is 3.49. The van der Waals surface area contributed by atoms with Gasteiger partial charge in [-0.2, -0.15) is 0 Å². The molecule has 0 aromatic heterocycles. The first-order valence-corrected chi connectivity index (χ1v) is 10.3. The van der Waals surface area contributed by atoms with Crippen LogP contribution in [0.1, 0.15) is 38.4 Å². The van der Waals surface area contributed by atoms with E-state index in [0.29, 0.717) is 12.5 Å². The zero-order chi connectivity index (χ0) is 18.9. The van der Waals surface area contributed by atoms with Gasteiger partial charge in [0.2, 0.25) is 0 Å². The molecule has 1 heterocycles. The second kappa shape index (κ2) is 7.31. The first-order chi connectivity index (χ1) is 13.8. The maximum absolute atomic E-state index is 4.86. The maximum Gasteiger partial charge on any atom is 0.192 e. The number of hydrogen-bond donors (Lipinski definition) is 2. The molecule has 1 saturated carbocycles. The fourth-order valence-electron chi connectivity index (χ4n) is 4.45. The number of nitrogens with one attached hydrogen (secondary N) is 2. The lowest BCUT2D eigenvalue weighted by molar-refractivity contribution is 0.561. The van der Waals surface area contributed by atoms with Crippen LogP contribution in [0.4, 0.5) is 0 Å². The largest absolute Gasteiger partial charge is 0.347 e. The summed E-state index contributed by atoms with van der Waals surface area (Å²) >= 11 is 0. The quantitative estimate of drug-likeness (QED) is 0.726. The minimum absolute atomic E-state index is 0. The predicted molar refractivity (Wildman–Crippen MR) is 119 cm³/mol. The highest BCUT2D eigenvalue weighted by atomic mass is 15.3. The van der Waals surface area contributed by atoms with E-state index in [1.54, 1.807) is 5.57 Å². The third-order valence-corrected chi connectivity index (χ3v) is 6.12. The number of benzene rings is 2. The van der Waals surface area contributed by atoms with Gasteiger partial charge in [0.1, 0.15) is 0 Å². The summed E-state index contributed by atoms with van der Waals surface area (Å²) in [6.45, 7) is 2.81. The van der Waals surface area contributed by atoms with E-state index in [1.807, 2.05) is 0 Å². The Labute approximate surface area is 170 Å². The molecule has 0 spiro atoms. The van der Waals surface area contributed by atoms with Gasteiger partial charge < -0.3 is 10.6 Å². The van der Waals surface area contributed by atoms with Crippen LogP contribution in [0.15, 0.2) is 83.4 Å². The summed E-state index contributed by atoms with van der Waals surface area (Å²) in [6, 6.07) is 19.9. The second-order valence-corrected chi connectivity index (χ2v) is 8.18. The summed E-state index contributed by atoms with van der Waals surface area (Å²) in [7, 11) is 0. The number of guanidine groups is 1. The van der Waals surface area contributed by atoms with Gasteiger partial charge in [-0.3, -0.25) is 0 Å². The summed E-state index contributed by atoms with van der Waals surface area (Å²) in [6.07, 6.45) is 9.49. The van der Waals surface area contributed by atoms with Crippen LogP contribution in [-0.2, 0) is 6.54 Å². The Morgan fingerprint density at radius 1 is 1.00 bits per heavy atom. The molecule has 5 rings (SSSR count). The molecule has 2 aliphatic carbocycles. The predicted octanol–water partition coefficient (Wildman–Crippen LogP) is 5.17. The molecular weight excluding hydrogens is 342 g/mol. The van der Waals surface area contributed by atoms with E-state index in [-0.39, 0.29) is 14.9 Å². The number of rotatable bonds is 4. The second-order valence-electron chi connectivity index (χ2n) is 8.18. The highest BCUT2D eigenvalue weighted by molar-refractivity contribution is 5.84. The van der Waals surface area contributed by atoms with Crippen LogP contribution in [0, 0.1) is 18.8 Å². The van der Waals surface area contributed by atoms with Crippen molar-refractivity contribution in [3.63, 3.8) is 0 Å². The van der Waals surface area contributed by atoms with Gasteiger partial charge in [0, 0.05) is 2.85 Å². The van der Waals surface area contributed by atoms with Gasteiger partial charge in [-0.1, -0.05) is 78.4 Å². The first-order valence-electron chi connectivity index (χ1n) is 10.3. The molecule has 3 aliphatic rings. The molecule has 1 saturated heterocycles. The SMILES string of the molecule is Cc1ccc(CN=C2N[C@H](C3=CCC=CC4CC34)[C@H](c3ccccc3)N2)cc1.[HH].[HH]. The van der Waals surface area contributed by atoms with Crippen molar-refractivity contribution in [1.82, 2.24) is 10.6 Å². The van der Waals surface area contributed by atoms with E-state index >= 15 is 0 Å². The number of aryl methyl sites for hydroxylation is 1. The van der Waals surface area contributed by atoms with Gasteiger partial charge in [0.25, 0.3) is 0 Å². The minimum Gasteiger partial charge on any atom is -0.347 e. The van der Waals surface area contributed by atoms with Crippen LogP contribution in [0.3, 0.4) is 0 Å². The Kier molecular flexibility index (Phi) is 4.52. The molecule has 2 fully saturated rings. The van der Waals surface area contributed by atoms with Crippen LogP contribution in [0.5, 0.6) is 0 Å². The summed E-state index contributed by atoms with van der Waals surface area (Å²) in [4.78, 5) is 4.86. The zero-order valence-corrected chi connectivity index (χ0v) is 16.3. The first kappa shape index (κ1) is 17.3. The summed E-state index contributed by atoms with van der Waals surface area (Å²) in [5, 5.41) is 7.39. The molecule has 0 bridgehead atoms. The minimum atomic E-state index is 0. The highest BCUT2D eigenvalue weighted by Crippen LogP contribution is 2.49. The normalized spacial score (nSPS) is 29.5. The van der Waals surface area contributed by atoms with Gasteiger partial charge >= 0.3 is 0 Å². The molecular formula is C25H31N3. The van der Waals surface area contributed by atoms with E-state index in [1.165, 1.54) is 23.1 Å². The number of allylic oxidation sites excluding steroid dienone is 3. The maximum atomic E-state index is 4.86. The Hall–Kier alpha value is -2.81. The van der Waals surface area contributed by atoms with Gasteiger partial charge in [-0.15, -0.1) is 0 Å². The number of nitrogens with zero attached hydrogens (tertiary/aromatic N) is 1. The van der Waals surface area contributed by atoms with Crippen molar-refractivity contribution < 1.29 is 2.85 Å². The van der Waals surface area contributed by atoms with Crippen molar-refractivity contribution >= 4 is 5.96 Å². The molecule has 146 valence electrons. The molecule has 2 aromatic rings. The van der Waals surface area contributed by atoms with E-state index in [0.717, 1.165) is 18.3 Å². The average molecular weight is 374 g/mol. The lowest BCUT2D eigenvalue weighted by Gasteiger charge is -2.22. The standard InChI is InChI=1S/C25H27N3.2H2/c1-17-11-13-18(14-12-17)16-26-25-27-23(19-7-3-2-4-8-19)24(28-25)21-10-6-5-9-20-15-22(20)21;;/h2-5,7-14,20,22-24H,6,15-16H2,1H3,(H2,26,27,28);2*1H/t20?,22?,23-,24+;;/m0../s1. The molecule has 1 aliphatic heterocycles. The van der Waals surface area contributed by atoms with Crippen LogP contribution in [0.2, 0.25) is 0 Å². The van der Waals surface area contributed by atoms with Crippen LogP contribution in [0.25, 0.3) is 0 Å². The molecule has 28 heavy (non-hydrogen) atoms. The monoisotopic (exact) mass is 373 g/mol. The van der Waals surface area contributed by atoms with Crippen molar-refractivity contribution in [3.8, 4) is 0 Å². The van der Waals surface area contributed by atoms with Gasteiger partial charge in [0.15, 0.2) is 5.96 Å². The van der Waals surface area contributed by atoms with Crippen molar-refractivity contribution in [2.24, 2.45) is 16.8 Å². The summed E-state index contributed by atoms with van der Waals surface area (Å²) in [5.74, 6) is 2.34. The van der Waals surface area contributed by atoms with Crippen molar-refractivity contribution in [1.29, 1.82) is 0 Å². The highest BCUT2D eigenvalue weighted by Gasteiger charge is 2.45. The summed E-state index contributed by atoms with van der Waals surface area (Å²) in [5.41, 5.74) is 5.39. The molecule has 2 aromatic carbocycles. The number of hydrogen-bond acceptors (Lipinski definition) is 1. The zero-order valence-electron chi connectivity index (χ0n) is 16.3. The van der Waals surface area contributed by atoms with Crippen LogP contribution < -0.4 is 10.6 Å². The van der Waals surface area contributed by atoms with Crippen LogP contribution in [-0.4, -0.2) is 12.0 Å². The lowest BCUT2D eigenvalue weighted by Crippen LogP contribution is -2.31. The topological polar surface area (TPSA) is 36.4 Å². The molecule has 4 atom stereocenters. The van der Waals surface area contributed by atoms with Crippen molar-refractivity contribution in [3.05, 3.63) is 95.1 Å². The van der Waals surface area contributed by atoms with Crippen molar-refractivity contribution in [2.45, 2.75) is 38.4 Å². The molecule has 2 N–H and O–H groups in total. The Morgan fingerprint density at radius 2 is 1.79 bits per heavy atom. The van der Waals surface area contributed by atoms with Gasteiger partial charge in [0.05, 0.1) is 18.6 Å². The number of fused-ring (bicyclic) bond motifs is 1. The van der Waals surface area contributed by atoms with E-state index in [2.05, 4.69) is 90.4 Å². The molecule has 3 nitrogen and oxygen atoms in total. The summed E-state index contributed by atoms with van der Waals surface area (Å²) < 4.78 is 0. The molecule has 0 radical (unpaired) electrons. The van der Waals surface area contributed by atoms with Gasteiger partial charge in [-0.25, -0.2) is 4.99 Å². The fraction of sp³-hybridized carbons (Fsp3) is 0.320. The fourth-order valence-corrected chi connectivity index (χ4v) is 4.45. The lowest BCUT2D eigenvalue weighted by atomic mass is 9.91. The Balaban J connectivity index is 0.00000128. The van der Waals surface area contributed by atoms with Crippen molar-refractivity contribution in [2.75, 3.05) is 0 Å². The molecule has 0 amide bonds. The average Bonchev–Trinajstić information content (AvgIpc) is 3.41.